The standard InChI is InChI=1S/C44H26N6O.Pd/c1-25-8-7-9-26(2)41(25)37-19-18-32-30-17-15-28(23-34(30)44-47-36-11-4-6-13-39(36)50(44)42(32)48-37)51-27-14-16-29-31-20-21-45-24-40(31)49-38-12-5-3-10-35(38)46-43(49)33(29)22-27;/h3-21,24H,1-2H3;/q-2;+2. The summed E-state index contributed by atoms with van der Waals surface area (Å²) in [5, 5.41) is 5.88. The molecule has 0 saturated carbocycles. The molecule has 0 radical (unpaired) electrons. The van der Waals surface area contributed by atoms with E-state index < -0.39 is 0 Å². The fourth-order valence-electron chi connectivity index (χ4n) is 7.81. The van der Waals surface area contributed by atoms with E-state index in [1.54, 1.807) is 0 Å². The number of aryl methyl sites for hydroxylation is 2. The monoisotopic (exact) mass is 760 g/mol. The Bertz CT molecular complexity index is 3250. The SMILES string of the molecule is Cc1cccc(C)c1-c1ccc2c3ccc(Oc4[c-]c5c(cc4)c4ccncc4n4c6ccccc6nc54)[c-]c3c3nc4ccccc4n3c2n1.[Pd+2]. The predicted molar refractivity (Wildman–Crippen MR) is 204 cm³/mol. The number of benzene rings is 5. The zero-order chi connectivity index (χ0) is 33.8. The molecule has 0 atom stereocenters. The van der Waals surface area contributed by atoms with Crippen molar-refractivity contribution in [3.63, 3.8) is 0 Å². The number of rotatable bonds is 3. The number of hydrogen-bond acceptors (Lipinski definition) is 5. The average Bonchev–Trinajstić information content (AvgIpc) is 3.75. The molecular weight excluding hydrogens is 735 g/mol. The van der Waals surface area contributed by atoms with Crippen molar-refractivity contribution in [1.29, 1.82) is 0 Å². The number of imidazole rings is 2. The average molecular weight is 761 g/mol. The zero-order valence-corrected chi connectivity index (χ0v) is 29.5. The number of fused-ring (bicyclic) bond motifs is 16. The van der Waals surface area contributed by atoms with Crippen LogP contribution in [0.2, 0.25) is 0 Å². The van der Waals surface area contributed by atoms with Crippen LogP contribution in [0.1, 0.15) is 11.1 Å². The molecule has 6 aromatic heterocycles. The third-order valence-corrected chi connectivity index (χ3v) is 10.1. The Labute approximate surface area is 310 Å². The van der Waals surface area contributed by atoms with Crippen molar-refractivity contribution in [2.45, 2.75) is 13.8 Å². The maximum absolute atomic E-state index is 6.55. The van der Waals surface area contributed by atoms with Gasteiger partial charge in [0.25, 0.3) is 0 Å². The van der Waals surface area contributed by atoms with Gasteiger partial charge in [-0.3, -0.25) is 15.0 Å². The van der Waals surface area contributed by atoms with Crippen LogP contribution in [0, 0.1) is 26.0 Å². The second-order valence-corrected chi connectivity index (χ2v) is 13.1. The van der Waals surface area contributed by atoms with Gasteiger partial charge in [-0.25, -0.2) is 4.98 Å². The molecule has 0 bridgehead atoms. The van der Waals surface area contributed by atoms with Crippen LogP contribution in [0.4, 0.5) is 0 Å². The summed E-state index contributed by atoms with van der Waals surface area (Å²) in [6.45, 7) is 4.28. The van der Waals surface area contributed by atoms with Crippen LogP contribution in [-0.4, -0.2) is 28.7 Å². The topological polar surface area (TPSA) is 69.6 Å². The van der Waals surface area contributed by atoms with Gasteiger partial charge in [0.2, 0.25) is 0 Å². The summed E-state index contributed by atoms with van der Waals surface area (Å²) in [5.41, 5.74) is 11.8. The van der Waals surface area contributed by atoms with E-state index in [2.05, 4.69) is 94.4 Å². The first-order valence-electron chi connectivity index (χ1n) is 16.9. The fraction of sp³-hybridized carbons (Fsp3) is 0.0455. The van der Waals surface area contributed by atoms with Gasteiger partial charge >= 0.3 is 20.4 Å². The van der Waals surface area contributed by atoms with Crippen LogP contribution in [0.3, 0.4) is 0 Å². The van der Waals surface area contributed by atoms with Crippen molar-refractivity contribution in [1.82, 2.24) is 28.7 Å². The van der Waals surface area contributed by atoms with Crippen molar-refractivity contribution in [3.05, 3.63) is 145 Å². The molecule has 11 aromatic rings. The number of ether oxygens (including phenoxy) is 1. The molecule has 0 N–H and O–H groups in total. The van der Waals surface area contributed by atoms with Crippen LogP contribution < -0.4 is 4.74 Å². The first-order valence-corrected chi connectivity index (χ1v) is 16.9. The van der Waals surface area contributed by atoms with Crippen LogP contribution in [0.5, 0.6) is 11.5 Å². The second kappa shape index (κ2) is 11.4. The van der Waals surface area contributed by atoms with Crippen molar-refractivity contribution in [2.24, 2.45) is 0 Å². The summed E-state index contributed by atoms with van der Waals surface area (Å²) in [6, 6.07) is 44.3. The molecule has 0 aliphatic rings. The largest absolute Gasteiger partial charge is 2.00 e. The van der Waals surface area contributed by atoms with Crippen molar-refractivity contribution in [2.75, 3.05) is 0 Å². The van der Waals surface area contributed by atoms with Gasteiger partial charge in [0, 0.05) is 29.5 Å². The smallest absolute Gasteiger partial charge is 0.497 e. The van der Waals surface area contributed by atoms with Crippen molar-refractivity contribution < 1.29 is 25.2 Å². The van der Waals surface area contributed by atoms with Gasteiger partial charge in [-0.1, -0.05) is 94.3 Å². The first kappa shape index (κ1) is 30.6. The first-order chi connectivity index (χ1) is 25.1. The summed E-state index contributed by atoms with van der Waals surface area (Å²) in [5.74, 6) is 1.15. The number of aromatic nitrogens is 6. The third-order valence-electron chi connectivity index (χ3n) is 10.1. The molecule has 6 heterocycles. The molecule has 0 aliphatic heterocycles. The zero-order valence-electron chi connectivity index (χ0n) is 28.0. The van der Waals surface area contributed by atoms with E-state index in [-0.39, 0.29) is 20.4 Å². The second-order valence-electron chi connectivity index (χ2n) is 13.1. The Kier molecular flexibility index (Phi) is 6.72. The predicted octanol–water partition coefficient (Wildman–Crippen LogP) is 10.4. The Morgan fingerprint density at radius 3 is 1.81 bits per heavy atom. The van der Waals surface area contributed by atoms with Gasteiger partial charge in [-0.2, -0.15) is 0 Å². The number of pyridine rings is 4. The molecule has 11 rings (SSSR count). The maximum Gasteiger partial charge on any atom is 2.00 e. The Hall–Kier alpha value is -6.20. The quantitative estimate of drug-likeness (QED) is 0.102. The van der Waals surface area contributed by atoms with E-state index in [4.69, 9.17) is 19.7 Å². The normalized spacial score (nSPS) is 11.9. The molecule has 7 nitrogen and oxygen atoms in total. The Morgan fingerprint density at radius 2 is 1.12 bits per heavy atom. The summed E-state index contributed by atoms with van der Waals surface area (Å²) < 4.78 is 10.9. The molecule has 0 amide bonds. The molecule has 5 aromatic carbocycles. The van der Waals surface area contributed by atoms with E-state index in [1.165, 1.54) is 11.1 Å². The number of nitrogens with zero attached hydrogens (tertiary/aromatic N) is 6. The number of para-hydroxylation sites is 4. The Morgan fingerprint density at radius 1 is 0.519 bits per heavy atom. The molecule has 0 fully saturated rings. The molecule has 8 heteroatoms. The van der Waals surface area contributed by atoms with E-state index in [1.807, 2.05) is 67.0 Å². The minimum absolute atomic E-state index is 0. The van der Waals surface area contributed by atoms with Gasteiger partial charge in [-0.15, -0.1) is 12.1 Å². The van der Waals surface area contributed by atoms with Gasteiger partial charge in [-0.05, 0) is 72.1 Å². The Balaban J connectivity index is 0.00000338. The molecule has 52 heavy (non-hydrogen) atoms. The molecule has 248 valence electrons. The summed E-state index contributed by atoms with van der Waals surface area (Å²) >= 11 is 0. The van der Waals surface area contributed by atoms with Gasteiger partial charge in [0.05, 0.1) is 44.6 Å². The minimum atomic E-state index is 0. The van der Waals surface area contributed by atoms with Gasteiger partial charge in [0.15, 0.2) is 0 Å². The van der Waals surface area contributed by atoms with Crippen LogP contribution >= 0.6 is 0 Å². The van der Waals surface area contributed by atoms with Crippen LogP contribution in [0.25, 0.3) is 88.1 Å². The van der Waals surface area contributed by atoms with Gasteiger partial charge < -0.3 is 13.5 Å². The molecule has 0 saturated heterocycles. The summed E-state index contributed by atoms with van der Waals surface area (Å²) in [4.78, 5) is 19.9. The molecule has 0 unspecified atom stereocenters. The summed E-state index contributed by atoms with van der Waals surface area (Å²) in [6.07, 6.45) is 3.72. The molecule has 0 spiro atoms. The van der Waals surface area contributed by atoms with Crippen molar-refractivity contribution in [3.8, 4) is 22.8 Å². The van der Waals surface area contributed by atoms with E-state index in [9.17, 15) is 0 Å². The summed E-state index contributed by atoms with van der Waals surface area (Å²) in [7, 11) is 0. The van der Waals surface area contributed by atoms with Crippen LogP contribution in [-0.2, 0) is 20.4 Å². The molecule has 0 aliphatic carbocycles. The third kappa shape index (κ3) is 4.35. The minimum Gasteiger partial charge on any atom is -0.497 e. The maximum atomic E-state index is 6.55. The van der Waals surface area contributed by atoms with E-state index in [0.717, 1.165) is 88.1 Å². The van der Waals surface area contributed by atoms with E-state index in [0.29, 0.717) is 11.5 Å². The van der Waals surface area contributed by atoms with E-state index >= 15 is 0 Å². The fourth-order valence-corrected chi connectivity index (χ4v) is 7.81. The molecular formula is C44H26N6OPd. The number of hydrogen-bond donors (Lipinski definition) is 0. The van der Waals surface area contributed by atoms with Crippen LogP contribution in [0.15, 0.2) is 122 Å². The van der Waals surface area contributed by atoms with Gasteiger partial charge in [0.1, 0.15) is 5.65 Å². The van der Waals surface area contributed by atoms with Crippen molar-refractivity contribution >= 4 is 76.8 Å².